The Labute approximate surface area is 257 Å². The van der Waals surface area contributed by atoms with Crippen molar-refractivity contribution in [3.63, 3.8) is 0 Å². The highest BCUT2D eigenvalue weighted by Gasteiger charge is 2.53. The van der Waals surface area contributed by atoms with Crippen LogP contribution < -0.4 is 10.1 Å². The van der Waals surface area contributed by atoms with Crippen LogP contribution in [0.3, 0.4) is 0 Å². The predicted molar refractivity (Wildman–Crippen MR) is 166 cm³/mol. The Kier molecular flexibility index (Phi) is 10.8. The van der Waals surface area contributed by atoms with Crippen molar-refractivity contribution < 1.29 is 24.1 Å². The summed E-state index contributed by atoms with van der Waals surface area (Å²) < 4.78 is 17.8. The lowest BCUT2D eigenvalue weighted by molar-refractivity contribution is -0.129. The zero-order valence-corrected chi connectivity index (χ0v) is 24.7. The SMILES string of the molecule is [N-]=[N+]=NCc1ccccc1[C@H]1OC(c2ccc(OCCCO)cc2)=N[C@@]1(Cc1ccccc1)C(=O)NCCN1CCOCC1. The van der Waals surface area contributed by atoms with Gasteiger partial charge in [0.1, 0.15) is 5.75 Å². The van der Waals surface area contributed by atoms with Crippen molar-refractivity contribution in [3.05, 3.63) is 112 Å². The lowest BCUT2D eigenvalue weighted by atomic mass is 9.80. The van der Waals surface area contributed by atoms with E-state index in [9.17, 15) is 4.79 Å². The number of azide groups is 1. The van der Waals surface area contributed by atoms with Crippen LogP contribution in [0.1, 0.15) is 34.8 Å². The van der Waals surface area contributed by atoms with Gasteiger partial charge in [-0.3, -0.25) is 9.69 Å². The first-order valence-corrected chi connectivity index (χ1v) is 14.9. The van der Waals surface area contributed by atoms with Gasteiger partial charge in [-0.15, -0.1) is 0 Å². The molecule has 1 saturated heterocycles. The minimum absolute atomic E-state index is 0.0588. The van der Waals surface area contributed by atoms with Crippen molar-refractivity contribution >= 4 is 11.8 Å². The van der Waals surface area contributed by atoms with Crippen LogP contribution in [0.15, 0.2) is 89.0 Å². The van der Waals surface area contributed by atoms with Crippen LogP contribution in [0.2, 0.25) is 0 Å². The summed E-state index contributed by atoms with van der Waals surface area (Å²) in [5.41, 5.74) is 10.9. The van der Waals surface area contributed by atoms with E-state index in [4.69, 9.17) is 29.8 Å². The second-order valence-electron chi connectivity index (χ2n) is 10.7. The Bertz CT molecular complexity index is 1460. The lowest BCUT2D eigenvalue weighted by Gasteiger charge is -2.32. The topological polar surface area (TPSA) is 141 Å². The largest absolute Gasteiger partial charge is 0.494 e. The quantitative estimate of drug-likeness (QED) is 0.123. The summed E-state index contributed by atoms with van der Waals surface area (Å²) in [4.78, 5) is 24.8. The number of benzene rings is 3. The van der Waals surface area contributed by atoms with Gasteiger partial charge < -0.3 is 24.6 Å². The molecule has 0 aliphatic carbocycles. The number of hydrogen-bond donors (Lipinski definition) is 2. The van der Waals surface area contributed by atoms with Crippen LogP contribution in [0, 0.1) is 0 Å². The molecule has 2 aliphatic heterocycles. The summed E-state index contributed by atoms with van der Waals surface area (Å²) in [7, 11) is 0. The Hall–Kier alpha value is -4.41. The lowest BCUT2D eigenvalue weighted by Crippen LogP contribution is -2.52. The summed E-state index contributed by atoms with van der Waals surface area (Å²) >= 11 is 0. The molecule has 5 rings (SSSR count). The Morgan fingerprint density at radius 3 is 2.59 bits per heavy atom. The third-order valence-corrected chi connectivity index (χ3v) is 7.81. The van der Waals surface area contributed by atoms with Gasteiger partial charge >= 0.3 is 0 Å². The van der Waals surface area contributed by atoms with Gasteiger partial charge in [0.25, 0.3) is 5.91 Å². The molecule has 1 fully saturated rings. The van der Waals surface area contributed by atoms with Crippen LogP contribution >= 0.6 is 0 Å². The Morgan fingerprint density at radius 1 is 1.09 bits per heavy atom. The van der Waals surface area contributed by atoms with Crippen molar-refractivity contribution in [1.82, 2.24) is 10.2 Å². The standard InChI is InChI=1S/C33H38N6O5/c34-38-36-24-27-9-4-5-10-29(27)30-33(23-25-7-2-1-3-8-25,32(41)35-15-16-39-17-21-42-22-18-39)37-31(44-30)26-11-13-28(14-12-26)43-20-6-19-40/h1-5,7-14,30,40H,6,15-24H2,(H,35,41)/t30-,33-/m1/s1. The number of nitrogens with one attached hydrogen (secondary N) is 1. The van der Waals surface area contributed by atoms with Gasteiger partial charge in [-0.05, 0) is 46.5 Å². The van der Waals surface area contributed by atoms with Crippen LogP contribution in [0.5, 0.6) is 5.75 Å². The highest BCUT2D eigenvalue weighted by Crippen LogP contribution is 2.43. The van der Waals surface area contributed by atoms with Crippen LogP contribution in [-0.4, -0.2) is 80.0 Å². The number of hydrogen-bond acceptors (Lipinski definition) is 8. The van der Waals surface area contributed by atoms with Gasteiger partial charge in [0.05, 0.1) is 26.4 Å². The molecule has 3 aromatic rings. The number of aliphatic hydroxyl groups is 1. The highest BCUT2D eigenvalue weighted by atomic mass is 16.5. The van der Waals surface area contributed by atoms with Crippen LogP contribution in [0.25, 0.3) is 10.4 Å². The van der Waals surface area contributed by atoms with Crippen molar-refractivity contribution in [1.29, 1.82) is 0 Å². The Balaban J connectivity index is 1.52. The van der Waals surface area contributed by atoms with Crippen LogP contribution in [-0.2, 0) is 27.2 Å². The van der Waals surface area contributed by atoms with E-state index < -0.39 is 11.6 Å². The normalized spacial score (nSPS) is 19.8. The molecule has 0 saturated carbocycles. The van der Waals surface area contributed by atoms with Crippen molar-refractivity contribution in [2.45, 2.75) is 31.0 Å². The maximum atomic E-state index is 14.4. The molecule has 0 aromatic heterocycles. The third-order valence-electron chi connectivity index (χ3n) is 7.81. The zero-order chi connectivity index (χ0) is 30.6. The number of aliphatic imine (C=N–C) groups is 1. The van der Waals surface area contributed by atoms with Gasteiger partial charge in [-0.2, -0.15) is 0 Å². The third kappa shape index (κ3) is 7.56. The second-order valence-corrected chi connectivity index (χ2v) is 10.7. The second kappa shape index (κ2) is 15.4. The molecule has 2 aliphatic rings. The summed E-state index contributed by atoms with van der Waals surface area (Å²) in [5, 5.41) is 16.0. The number of ether oxygens (including phenoxy) is 3. The molecule has 44 heavy (non-hydrogen) atoms. The first kappa shape index (κ1) is 31.0. The number of morpholine rings is 1. The van der Waals surface area contributed by atoms with E-state index in [1.54, 1.807) is 0 Å². The van der Waals surface area contributed by atoms with Crippen molar-refractivity contribution in [2.24, 2.45) is 10.1 Å². The van der Waals surface area contributed by atoms with E-state index in [2.05, 4.69) is 20.2 Å². The van der Waals surface area contributed by atoms with Gasteiger partial charge in [0.15, 0.2) is 11.6 Å². The van der Waals surface area contributed by atoms with Gasteiger partial charge in [-0.1, -0.05) is 59.7 Å². The van der Waals surface area contributed by atoms with E-state index in [0.717, 1.165) is 29.8 Å². The first-order chi connectivity index (χ1) is 21.6. The number of carbonyl (C=O) groups is 1. The number of nitrogens with zero attached hydrogens (tertiary/aromatic N) is 5. The van der Waals surface area contributed by atoms with Gasteiger partial charge in [-0.25, -0.2) is 4.99 Å². The summed E-state index contributed by atoms with van der Waals surface area (Å²) in [6, 6.07) is 24.7. The maximum absolute atomic E-state index is 14.4. The Morgan fingerprint density at radius 2 is 1.84 bits per heavy atom. The molecule has 1 amide bonds. The molecule has 0 spiro atoms. The number of rotatable bonds is 14. The van der Waals surface area contributed by atoms with E-state index in [0.29, 0.717) is 63.0 Å². The average molecular weight is 599 g/mol. The van der Waals surface area contributed by atoms with Crippen molar-refractivity contribution in [3.8, 4) is 5.75 Å². The summed E-state index contributed by atoms with van der Waals surface area (Å²) in [6.07, 6.45) is 0.0486. The van der Waals surface area contributed by atoms with Gasteiger partial charge in [0, 0.05) is 56.1 Å². The zero-order valence-electron chi connectivity index (χ0n) is 24.7. The molecule has 0 radical (unpaired) electrons. The minimum atomic E-state index is -1.34. The molecule has 3 aromatic carbocycles. The fraction of sp³-hybridized carbons (Fsp3) is 0.394. The summed E-state index contributed by atoms with van der Waals surface area (Å²) in [6.45, 7) is 4.74. The molecule has 0 bridgehead atoms. The molecule has 2 N–H and O–H groups in total. The maximum Gasteiger partial charge on any atom is 0.252 e. The van der Waals surface area contributed by atoms with E-state index in [1.807, 2.05) is 78.9 Å². The van der Waals surface area contributed by atoms with Crippen molar-refractivity contribution in [2.75, 3.05) is 52.6 Å². The highest BCUT2D eigenvalue weighted by molar-refractivity contribution is 6.01. The first-order valence-electron chi connectivity index (χ1n) is 14.9. The molecular formula is C33H38N6O5. The monoisotopic (exact) mass is 598 g/mol. The number of aliphatic hydroxyl groups excluding tert-OH is 1. The minimum Gasteiger partial charge on any atom is -0.494 e. The fourth-order valence-corrected chi connectivity index (χ4v) is 5.51. The summed E-state index contributed by atoms with van der Waals surface area (Å²) in [5.74, 6) is 0.764. The predicted octanol–water partition coefficient (Wildman–Crippen LogP) is 4.21. The molecule has 11 heteroatoms. The fourth-order valence-electron chi connectivity index (χ4n) is 5.51. The molecule has 230 valence electrons. The molecule has 11 nitrogen and oxygen atoms in total. The number of amides is 1. The molecule has 0 unspecified atom stereocenters. The average Bonchev–Trinajstić information content (AvgIpc) is 3.45. The van der Waals surface area contributed by atoms with Crippen LogP contribution in [0.4, 0.5) is 0 Å². The van der Waals surface area contributed by atoms with E-state index in [1.165, 1.54) is 0 Å². The smallest absolute Gasteiger partial charge is 0.252 e. The molecule has 2 heterocycles. The van der Waals surface area contributed by atoms with E-state index in [-0.39, 0.29) is 19.1 Å². The van der Waals surface area contributed by atoms with Gasteiger partial charge in [0.2, 0.25) is 5.90 Å². The molecular weight excluding hydrogens is 560 g/mol. The number of carbonyl (C=O) groups excluding carboxylic acids is 1. The molecule has 2 atom stereocenters. The van der Waals surface area contributed by atoms with E-state index >= 15 is 0 Å².